The first-order valence-corrected chi connectivity index (χ1v) is 8.12. The average Bonchev–Trinajstić information content (AvgIpc) is 2.59. The van der Waals surface area contributed by atoms with Gasteiger partial charge in [-0.1, -0.05) is 48.9 Å². The summed E-state index contributed by atoms with van der Waals surface area (Å²) in [4.78, 5) is 12.7. The van der Waals surface area contributed by atoms with Gasteiger partial charge in [-0.3, -0.25) is 4.79 Å². The van der Waals surface area contributed by atoms with E-state index in [-0.39, 0.29) is 5.78 Å². The summed E-state index contributed by atoms with van der Waals surface area (Å²) >= 11 is 0. The Balaban J connectivity index is 2.00. The van der Waals surface area contributed by atoms with Gasteiger partial charge in [-0.25, -0.2) is 0 Å². The van der Waals surface area contributed by atoms with Crippen molar-refractivity contribution < 1.29 is 4.79 Å². The Hall–Kier alpha value is -2.23. The molecule has 4 N–H and O–H groups in total. The molecule has 0 amide bonds. The topological polar surface area (TPSA) is 69.1 Å². The highest BCUT2D eigenvalue weighted by atomic mass is 16.1. The molecule has 0 aliphatic rings. The van der Waals surface area contributed by atoms with Gasteiger partial charge in [0.25, 0.3) is 0 Å². The van der Waals surface area contributed by atoms with Gasteiger partial charge < -0.3 is 11.5 Å². The van der Waals surface area contributed by atoms with Crippen LogP contribution in [0.25, 0.3) is 21.5 Å². The molecule has 118 valence electrons. The summed E-state index contributed by atoms with van der Waals surface area (Å²) in [6.45, 7) is 0.640. The zero-order valence-corrected chi connectivity index (χ0v) is 13.2. The molecule has 3 aromatic rings. The summed E-state index contributed by atoms with van der Waals surface area (Å²) in [5.74, 6) is 0.0166. The van der Waals surface area contributed by atoms with Gasteiger partial charge in [0, 0.05) is 5.56 Å². The largest absolute Gasteiger partial charge is 0.330 e. The zero-order chi connectivity index (χ0) is 16.2. The second-order valence-electron chi connectivity index (χ2n) is 5.98. The lowest BCUT2D eigenvalue weighted by atomic mass is 9.93. The van der Waals surface area contributed by atoms with Gasteiger partial charge in [0.05, 0.1) is 6.04 Å². The van der Waals surface area contributed by atoms with Gasteiger partial charge in [0.15, 0.2) is 5.78 Å². The highest BCUT2D eigenvalue weighted by Gasteiger charge is 2.17. The molecule has 1 unspecified atom stereocenters. The van der Waals surface area contributed by atoms with Crippen LogP contribution in [-0.2, 0) is 0 Å². The first-order valence-electron chi connectivity index (χ1n) is 8.12. The molecule has 1 atom stereocenters. The summed E-state index contributed by atoms with van der Waals surface area (Å²) < 4.78 is 0. The highest BCUT2D eigenvalue weighted by Crippen LogP contribution is 2.26. The first-order chi connectivity index (χ1) is 11.2. The predicted molar refractivity (Wildman–Crippen MR) is 96.7 cm³/mol. The van der Waals surface area contributed by atoms with Crippen molar-refractivity contribution in [3.05, 3.63) is 60.2 Å². The predicted octanol–water partition coefficient (Wildman–Crippen LogP) is 3.63. The molecule has 3 heteroatoms. The molecule has 0 saturated heterocycles. The molecule has 0 aromatic heterocycles. The molecule has 3 aromatic carbocycles. The number of carbonyl (C=O) groups excluding carboxylic acids is 1. The molecule has 0 heterocycles. The lowest BCUT2D eigenvalue weighted by Crippen LogP contribution is -2.30. The smallest absolute Gasteiger partial charge is 0.180 e. The van der Waals surface area contributed by atoms with Crippen molar-refractivity contribution in [3.8, 4) is 0 Å². The molecule has 0 radical (unpaired) electrons. The summed E-state index contributed by atoms with van der Waals surface area (Å²) in [5.41, 5.74) is 12.3. The number of rotatable bonds is 6. The number of nitrogens with two attached hydrogens (primary N) is 2. The van der Waals surface area contributed by atoms with E-state index < -0.39 is 6.04 Å². The van der Waals surface area contributed by atoms with Gasteiger partial charge in [-0.05, 0) is 53.1 Å². The second-order valence-corrected chi connectivity index (χ2v) is 5.98. The van der Waals surface area contributed by atoms with Crippen LogP contribution < -0.4 is 11.5 Å². The Morgan fingerprint density at radius 3 is 2.35 bits per heavy atom. The van der Waals surface area contributed by atoms with Gasteiger partial charge in [0.2, 0.25) is 0 Å². The maximum atomic E-state index is 12.7. The zero-order valence-electron chi connectivity index (χ0n) is 13.2. The number of benzene rings is 3. The number of fused-ring (bicyclic) bond motifs is 2. The number of unbranched alkanes of at least 4 members (excludes halogenated alkanes) is 1. The molecule has 0 bridgehead atoms. The molecule has 0 fully saturated rings. The average molecular weight is 306 g/mol. The van der Waals surface area contributed by atoms with Crippen LogP contribution in [0.3, 0.4) is 0 Å². The van der Waals surface area contributed by atoms with Crippen molar-refractivity contribution in [1.29, 1.82) is 0 Å². The molecule has 3 nitrogen and oxygen atoms in total. The van der Waals surface area contributed by atoms with Crippen LogP contribution in [0.15, 0.2) is 54.6 Å². The van der Waals surface area contributed by atoms with Gasteiger partial charge in [-0.2, -0.15) is 0 Å². The molecular formula is C20H22N2O. The summed E-state index contributed by atoms with van der Waals surface area (Å²) in [6, 6.07) is 17.8. The molecule has 0 aliphatic heterocycles. The third-order valence-corrected chi connectivity index (χ3v) is 4.32. The number of ketones is 1. The standard InChI is InChI=1S/C20H22N2O/c21-11-4-3-10-19(22)20(23)17-9-5-8-16-12-14-6-1-2-7-15(14)13-18(16)17/h1-2,5-9,12-13,19H,3-4,10-11,21-22H2. The minimum atomic E-state index is -0.460. The fraction of sp³-hybridized carbons (Fsp3) is 0.250. The first kappa shape index (κ1) is 15.7. The SMILES string of the molecule is NCCCCC(N)C(=O)c1cccc2cc3ccccc3cc12. The minimum absolute atomic E-state index is 0.0166. The number of Topliss-reactive ketones (excluding diaryl/α,β-unsaturated/α-hetero) is 1. The Labute approximate surface area is 136 Å². The molecule has 0 saturated carbocycles. The van der Waals surface area contributed by atoms with Crippen LogP contribution in [0.2, 0.25) is 0 Å². The molecule has 0 aliphatic carbocycles. The maximum absolute atomic E-state index is 12.7. The molecular weight excluding hydrogens is 284 g/mol. The molecule has 23 heavy (non-hydrogen) atoms. The summed E-state index contributed by atoms with van der Waals surface area (Å²) in [5, 5.41) is 4.36. The fourth-order valence-electron chi connectivity index (χ4n) is 3.02. The number of carbonyl (C=O) groups is 1. The van der Waals surface area contributed by atoms with E-state index in [9.17, 15) is 4.79 Å². The summed E-state index contributed by atoms with van der Waals surface area (Å²) in [7, 11) is 0. The van der Waals surface area contributed by atoms with Crippen LogP contribution in [0.4, 0.5) is 0 Å². The number of hydrogen-bond acceptors (Lipinski definition) is 3. The Morgan fingerprint density at radius 1 is 0.913 bits per heavy atom. The van der Waals surface area contributed by atoms with Gasteiger partial charge >= 0.3 is 0 Å². The lowest BCUT2D eigenvalue weighted by Gasteiger charge is -2.13. The van der Waals surface area contributed by atoms with E-state index in [0.29, 0.717) is 18.5 Å². The van der Waals surface area contributed by atoms with Crippen LogP contribution in [0.1, 0.15) is 29.6 Å². The Bertz CT molecular complexity index is 841. The minimum Gasteiger partial charge on any atom is -0.330 e. The van der Waals surface area contributed by atoms with E-state index in [1.165, 1.54) is 5.39 Å². The fourth-order valence-corrected chi connectivity index (χ4v) is 3.02. The summed E-state index contributed by atoms with van der Waals surface area (Å²) in [6.07, 6.45) is 2.47. The Kier molecular flexibility index (Phi) is 4.70. The maximum Gasteiger partial charge on any atom is 0.180 e. The van der Waals surface area contributed by atoms with E-state index >= 15 is 0 Å². The quantitative estimate of drug-likeness (QED) is 0.415. The molecule has 0 spiro atoms. The number of hydrogen-bond donors (Lipinski definition) is 2. The van der Waals surface area contributed by atoms with Gasteiger partial charge in [0.1, 0.15) is 0 Å². The van der Waals surface area contributed by atoms with Crippen LogP contribution in [0.5, 0.6) is 0 Å². The third kappa shape index (κ3) is 3.26. The van der Waals surface area contributed by atoms with Crippen molar-refractivity contribution >= 4 is 27.3 Å². The third-order valence-electron chi connectivity index (χ3n) is 4.32. The van der Waals surface area contributed by atoms with Crippen LogP contribution in [-0.4, -0.2) is 18.4 Å². The van der Waals surface area contributed by atoms with Crippen molar-refractivity contribution in [3.63, 3.8) is 0 Å². The highest BCUT2D eigenvalue weighted by molar-refractivity contribution is 6.13. The van der Waals surface area contributed by atoms with Gasteiger partial charge in [-0.15, -0.1) is 0 Å². The monoisotopic (exact) mass is 306 g/mol. The normalized spacial score (nSPS) is 12.6. The van der Waals surface area contributed by atoms with E-state index in [4.69, 9.17) is 11.5 Å². The van der Waals surface area contributed by atoms with Crippen LogP contribution in [0, 0.1) is 0 Å². The van der Waals surface area contributed by atoms with E-state index in [1.54, 1.807) is 0 Å². The van der Waals surface area contributed by atoms with E-state index in [0.717, 1.165) is 29.0 Å². The lowest BCUT2D eigenvalue weighted by molar-refractivity contribution is 0.0957. The van der Waals surface area contributed by atoms with Crippen LogP contribution >= 0.6 is 0 Å². The van der Waals surface area contributed by atoms with E-state index in [2.05, 4.69) is 24.3 Å². The van der Waals surface area contributed by atoms with Crippen molar-refractivity contribution in [2.75, 3.05) is 6.54 Å². The van der Waals surface area contributed by atoms with E-state index in [1.807, 2.05) is 30.3 Å². The second kappa shape index (κ2) is 6.90. The van der Waals surface area contributed by atoms with Crippen molar-refractivity contribution in [1.82, 2.24) is 0 Å². The Morgan fingerprint density at radius 2 is 1.61 bits per heavy atom. The van der Waals surface area contributed by atoms with Crippen molar-refractivity contribution in [2.45, 2.75) is 25.3 Å². The molecule has 3 rings (SSSR count). The van der Waals surface area contributed by atoms with Crippen molar-refractivity contribution in [2.24, 2.45) is 11.5 Å².